The van der Waals surface area contributed by atoms with Gasteiger partial charge in [0.2, 0.25) is 0 Å². The topological polar surface area (TPSA) is 33.1 Å². The lowest BCUT2D eigenvalue weighted by Gasteiger charge is -2.14. The van der Waals surface area contributed by atoms with E-state index in [-0.39, 0.29) is 6.10 Å². The Hall–Kier alpha value is -0.410. The molecule has 13 heavy (non-hydrogen) atoms. The van der Waals surface area contributed by atoms with E-state index in [9.17, 15) is 5.11 Å². The van der Waals surface area contributed by atoms with Crippen LogP contribution in [0.5, 0.6) is 0 Å². The molecule has 0 amide bonds. The summed E-state index contributed by atoms with van der Waals surface area (Å²) in [5.74, 6) is 0.463. The molecule has 0 aromatic carbocycles. The average Bonchev–Trinajstić information content (AvgIpc) is 2.72. The Labute approximate surface area is 82.6 Å². The van der Waals surface area contributed by atoms with Crippen LogP contribution in [-0.2, 0) is 0 Å². The largest absolute Gasteiger partial charge is 0.386 e. The number of aryl methyl sites for hydroxylation is 1. The van der Waals surface area contributed by atoms with E-state index in [4.69, 9.17) is 0 Å². The van der Waals surface area contributed by atoms with Crippen molar-refractivity contribution in [2.45, 2.75) is 38.7 Å². The highest BCUT2D eigenvalue weighted by Crippen LogP contribution is 2.36. The summed E-state index contributed by atoms with van der Waals surface area (Å²) in [5, 5.41) is 12.9. The van der Waals surface area contributed by atoms with Crippen LogP contribution in [0.3, 0.4) is 0 Å². The molecule has 2 rings (SSSR count). The van der Waals surface area contributed by atoms with E-state index in [2.05, 4.69) is 4.98 Å². The molecular formula is C10H15NOS. The highest BCUT2D eigenvalue weighted by molar-refractivity contribution is 7.09. The van der Waals surface area contributed by atoms with Crippen molar-refractivity contribution in [2.24, 2.45) is 5.92 Å². The summed E-state index contributed by atoms with van der Waals surface area (Å²) in [6.45, 7) is 1.97. The van der Waals surface area contributed by atoms with Gasteiger partial charge in [0, 0.05) is 11.1 Å². The Bertz CT molecular complexity index is 278. The summed E-state index contributed by atoms with van der Waals surface area (Å²) in [5.41, 5.74) is 1.03. The second-order valence-electron chi connectivity index (χ2n) is 3.82. The van der Waals surface area contributed by atoms with E-state index < -0.39 is 0 Å². The minimum absolute atomic E-state index is 0.304. The molecule has 0 aliphatic heterocycles. The molecule has 1 aliphatic rings. The van der Waals surface area contributed by atoms with Crippen LogP contribution < -0.4 is 0 Å². The standard InChI is InChI=1S/C10H15NOS/c1-7-6-13-10(11-7)9(12)8-4-2-3-5-8/h6,8-9,12H,2-5H2,1H3. The van der Waals surface area contributed by atoms with Crippen molar-refractivity contribution in [1.29, 1.82) is 0 Å². The molecule has 0 bridgehead atoms. The van der Waals surface area contributed by atoms with Crippen LogP contribution in [0.4, 0.5) is 0 Å². The molecule has 1 saturated carbocycles. The number of aliphatic hydroxyl groups is 1. The van der Waals surface area contributed by atoms with Gasteiger partial charge in [0.15, 0.2) is 0 Å². The van der Waals surface area contributed by atoms with Crippen molar-refractivity contribution in [3.63, 3.8) is 0 Å². The van der Waals surface area contributed by atoms with Gasteiger partial charge in [-0.05, 0) is 25.7 Å². The van der Waals surface area contributed by atoms with E-state index in [0.29, 0.717) is 5.92 Å². The highest BCUT2D eigenvalue weighted by atomic mass is 32.1. The van der Waals surface area contributed by atoms with Gasteiger partial charge in [-0.1, -0.05) is 12.8 Å². The molecule has 1 N–H and O–H groups in total. The van der Waals surface area contributed by atoms with Gasteiger partial charge < -0.3 is 5.11 Å². The summed E-state index contributed by atoms with van der Waals surface area (Å²) < 4.78 is 0. The fourth-order valence-electron chi connectivity index (χ4n) is 1.98. The number of aliphatic hydroxyl groups excluding tert-OH is 1. The molecule has 2 nitrogen and oxygen atoms in total. The molecule has 0 radical (unpaired) electrons. The Kier molecular flexibility index (Phi) is 2.65. The molecule has 1 aromatic rings. The van der Waals surface area contributed by atoms with Crippen molar-refractivity contribution in [2.75, 3.05) is 0 Å². The van der Waals surface area contributed by atoms with Crippen molar-refractivity contribution in [1.82, 2.24) is 4.98 Å². The first-order chi connectivity index (χ1) is 6.27. The van der Waals surface area contributed by atoms with Crippen molar-refractivity contribution < 1.29 is 5.11 Å². The molecule has 1 aromatic heterocycles. The minimum atomic E-state index is -0.304. The molecule has 1 fully saturated rings. The van der Waals surface area contributed by atoms with Crippen LogP contribution in [0.25, 0.3) is 0 Å². The van der Waals surface area contributed by atoms with Gasteiger partial charge in [0.05, 0.1) is 0 Å². The molecule has 72 valence electrons. The molecule has 0 saturated heterocycles. The van der Waals surface area contributed by atoms with E-state index in [1.54, 1.807) is 11.3 Å². The van der Waals surface area contributed by atoms with Gasteiger partial charge in [-0.3, -0.25) is 0 Å². The summed E-state index contributed by atoms with van der Waals surface area (Å²) in [7, 11) is 0. The summed E-state index contributed by atoms with van der Waals surface area (Å²) in [6, 6.07) is 0. The average molecular weight is 197 g/mol. The zero-order chi connectivity index (χ0) is 9.26. The van der Waals surface area contributed by atoms with Gasteiger partial charge in [-0.15, -0.1) is 11.3 Å². The zero-order valence-corrected chi connectivity index (χ0v) is 8.68. The summed E-state index contributed by atoms with van der Waals surface area (Å²) in [4.78, 5) is 4.32. The van der Waals surface area contributed by atoms with E-state index >= 15 is 0 Å². The molecule has 0 spiro atoms. The van der Waals surface area contributed by atoms with Crippen LogP contribution >= 0.6 is 11.3 Å². The van der Waals surface area contributed by atoms with Gasteiger partial charge in [0.25, 0.3) is 0 Å². The maximum atomic E-state index is 9.98. The van der Waals surface area contributed by atoms with E-state index in [0.717, 1.165) is 10.7 Å². The van der Waals surface area contributed by atoms with Gasteiger partial charge in [-0.25, -0.2) is 4.98 Å². The quantitative estimate of drug-likeness (QED) is 0.790. The lowest BCUT2D eigenvalue weighted by Crippen LogP contribution is -2.08. The van der Waals surface area contributed by atoms with E-state index in [1.807, 2.05) is 12.3 Å². The number of aromatic nitrogens is 1. The minimum Gasteiger partial charge on any atom is -0.386 e. The van der Waals surface area contributed by atoms with Crippen LogP contribution in [0.2, 0.25) is 0 Å². The van der Waals surface area contributed by atoms with Gasteiger partial charge >= 0.3 is 0 Å². The van der Waals surface area contributed by atoms with Crippen LogP contribution in [0, 0.1) is 12.8 Å². The number of hydrogen-bond donors (Lipinski definition) is 1. The third kappa shape index (κ3) is 1.92. The molecule has 1 atom stereocenters. The van der Waals surface area contributed by atoms with Crippen LogP contribution in [0.15, 0.2) is 5.38 Å². The number of thiazole rings is 1. The first-order valence-electron chi connectivity index (χ1n) is 4.87. The number of rotatable bonds is 2. The molecule has 3 heteroatoms. The van der Waals surface area contributed by atoms with E-state index in [1.165, 1.54) is 25.7 Å². The normalized spacial score (nSPS) is 20.8. The zero-order valence-electron chi connectivity index (χ0n) is 7.86. The second-order valence-corrected chi connectivity index (χ2v) is 4.71. The molecular weight excluding hydrogens is 182 g/mol. The highest BCUT2D eigenvalue weighted by Gasteiger charge is 2.26. The maximum Gasteiger partial charge on any atom is 0.122 e. The van der Waals surface area contributed by atoms with Crippen LogP contribution in [-0.4, -0.2) is 10.1 Å². The van der Waals surface area contributed by atoms with Crippen LogP contribution in [0.1, 0.15) is 42.5 Å². The summed E-state index contributed by atoms with van der Waals surface area (Å²) >= 11 is 1.58. The number of nitrogens with zero attached hydrogens (tertiary/aromatic N) is 1. The van der Waals surface area contributed by atoms with Gasteiger partial charge in [-0.2, -0.15) is 0 Å². The first kappa shape index (κ1) is 9.16. The predicted octanol–water partition coefficient (Wildman–Crippen LogP) is 2.68. The Morgan fingerprint density at radius 3 is 2.77 bits per heavy atom. The smallest absolute Gasteiger partial charge is 0.122 e. The first-order valence-corrected chi connectivity index (χ1v) is 5.75. The van der Waals surface area contributed by atoms with Crippen molar-refractivity contribution in [3.05, 3.63) is 16.1 Å². The fraction of sp³-hybridized carbons (Fsp3) is 0.700. The maximum absolute atomic E-state index is 9.98. The van der Waals surface area contributed by atoms with Crippen molar-refractivity contribution in [3.8, 4) is 0 Å². The molecule has 1 aliphatic carbocycles. The lowest BCUT2D eigenvalue weighted by molar-refractivity contribution is 0.111. The molecule has 1 heterocycles. The fourth-order valence-corrected chi connectivity index (χ4v) is 2.86. The third-order valence-electron chi connectivity index (χ3n) is 2.74. The SMILES string of the molecule is Cc1csc(C(O)C2CCCC2)n1. The lowest BCUT2D eigenvalue weighted by atomic mass is 10.0. The van der Waals surface area contributed by atoms with Crippen molar-refractivity contribution >= 4 is 11.3 Å². The van der Waals surface area contributed by atoms with Gasteiger partial charge in [0.1, 0.15) is 11.1 Å². The second kappa shape index (κ2) is 3.76. The number of hydrogen-bond acceptors (Lipinski definition) is 3. The Balaban J connectivity index is 2.07. The summed E-state index contributed by atoms with van der Waals surface area (Å²) in [6.07, 6.45) is 4.57. The predicted molar refractivity (Wildman–Crippen MR) is 53.8 cm³/mol. The third-order valence-corrected chi connectivity index (χ3v) is 3.77. The molecule has 1 unspecified atom stereocenters. The Morgan fingerprint density at radius 2 is 2.23 bits per heavy atom. The Morgan fingerprint density at radius 1 is 1.54 bits per heavy atom. The monoisotopic (exact) mass is 197 g/mol.